The SMILES string of the molecule is CC(C)C(C)(c1ccc(-c2cnc(N)nc2)cc1)c1ncccc1C(C)(C)O. The molecule has 0 amide bonds. The number of anilines is 1. The number of rotatable bonds is 5. The average molecular weight is 377 g/mol. The van der Waals surface area contributed by atoms with Gasteiger partial charge < -0.3 is 10.8 Å². The predicted octanol–water partition coefficient (Wildman–Crippen LogP) is 4.31. The van der Waals surface area contributed by atoms with Crippen LogP contribution in [0.4, 0.5) is 5.95 Å². The molecule has 0 fully saturated rings. The van der Waals surface area contributed by atoms with E-state index in [1.165, 1.54) is 0 Å². The van der Waals surface area contributed by atoms with Crippen LogP contribution in [-0.2, 0) is 11.0 Å². The van der Waals surface area contributed by atoms with E-state index < -0.39 is 5.60 Å². The molecule has 3 aromatic rings. The van der Waals surface area contributed by atoms with E-state index in [0.717, 1.165) is 27.9 Å². The molecule has 0 spiro atoms. The normalized spacial score (nSPS) is 14.1. The second kappa shape index (κ2) is 7.32. The van der Waals surface area contributed by atoms with Gasteiger partial charge in [0.25, 0.3) is 0 Å². The number of nitrogens with zero attached hydrogens (tertiary/aromatic N) is 3. The molecule has 5 nitrogen and oxygen atoms in total. The molecule has 146 valence electrons. The van der Waals surface area contributed by atoms with Crippen LogP contribution in [0.15, 0.2) is 55.0 Å². The lowest BCUT2D eigenvalue weighted by Gasteiger charge is -2.37. The van der Waals surface area contributed by atoms with Crippen LogP contribution in [0.1, 0.15) is 51.4 Å². The number of nitrogens with two attached hydrogens (primary N) is 1. The molecular formula is C23H28N4O. The zero-order valence-electron chi connectivity index (χ0n) is 17.1. The Kier molecular flexibility index (Phi) is 5.22. The van der Waals surface area contributed by atoms with Crippen LogP contribution in [0.2, 0.25) is 0 Å². The third-order valence-corrected chi connectivity index (χ3v) is 5.60. The van der Waals surface area contributed by atoms with Crippen molar-refractivity contribution in [1.29, 1.82) is 0 Å². The first kappa shape index (κ1) is 20.0. The molecule has 0 aliphatic carbocycles. The standard InChI is InChI=1S/C23H28N4O/c1-15(2)23(5,20-19(22(3,4)28)7-6-12-25-20)18-10-8-16(9-11-18)17-13-26-21(24)27-14-17/h6-15,28H,1-5H3,(H2,24,26,27). The Hall–Kier alpha value is -2.79. The van der Waals surface area contributed by atoms with Crippen molar-refractivity contribution >= 4 is 5.95 Å². The Balaban J connectivity index is 2.09. The van der Waals surface area contributed by atoms with E-state index in [1.807, 2.05) is 12.1 Å². The fourth-order valence-corrected chi connectivity index (χ4v) is 3.55. The average Bonchev–Trinajstić information content (AvgIpc) is 2.67. The number of aromatic nitrogens is 3. The molecular weight excluding hydrogens is 348 g/mol. The van der Waals surface area contributed by atoms with Gasteiger partial charge in [-0.1, -0.05) is 44.2 Å². The minimum Gasteiger partial charge on any atom is -0.386 e. The first-order valence-electron chi connectivity index (χ1n) is 9.51. The molecule has 1 unspecified atom stereocenters. The van der Waals surface area contributed by atoms with Gasteiger partial charge in [0.1, 0.15) is 0 Å². The summed E-state index contributed by atoms with van der Waals surface area (Å²) in [5, 5.41) is 10.7. The Bertz CT molecular complexity index is 944. The lowest BCUT2D eigenvalue weighted by molar-refractivity contribution is 0.0754. The zero-order valence-corrected chi connectivity index (χ0v) is 17.1. The highest BCUT2D eigenvalue weighted by Crippen LogP contribution is 2.42. The Morgan fingerprint density at radius 3 is 2.04 bits per heavy atom. The van der Waals surface area contributed by atoms with Crippen LogP contribution in [0, 0.1) is 5.92 Å². The van der Waals surface area contributed by atoms with Crippen LogP contribution in [0.5, 0.6) is 0 Å². The summed E-state index contributed by atoms with van der Waals surface area (Å²) in [6.45, 7) is 10.2. The van der Waals surface area contributed by atoms with Gasteiger partial charge >= 0.3 is 0 Å². The summed E-state index contributed by atoms with van der Waals surface area (Å²) in [5.74, 6) is 0.538. The van der Waals surface area contributed by atoms with E-state index in [1.54, 1.807) is 32.4 Å². The minimum atomic E-state index is -0.971. The Morgan fingerprint density at radius 2 is 1.50 bits per heavy atom. The molecule has 0 saturated carbocycles. The number of aliphatic hydroxyl groups is 1. The van der Waals surface area contributed by atoms with E-state index >= 15 is 0 Å². The number of pyridine rings is 1. The molecule has 0 aliphatic rings. The molecule has 28 heavy (non-hydrogen) atoms. The van der Waals surface area contributed by atoms with Gasteiger partial charge in [-0.2, -0.15) is 0 Å². The van der Waals surface area contributed by atoms with Crippen molar-refractivity contribution in [3.05, 3.63) is 71.8 Å². The second-order valence-electron chi connectivity index (χ2n) is 8.22. The highest BCUT2D eigenvalue weighted by Gasteiger charge is 2.38. The van der Waals surface area contributed by atoms with Crippen molar-refractivity contribution in [2.75, 3.05) is 5.73 Å². The highest BCUT2D eigenvalue weighted by atomic mass is 16.3. The van der Waals surface area contributed by atoms with Crippen LogP contribution in [0.3, 0.4) is 0 Å². The summed E-state index contributed by atoms with van der Waals surface area (Å²) < 4.78 is 0. The second-order valence-corrected chi connectivity index (χ2v) is 8.22. The van der Waals surface area contributed by atoms with Gasteiger partial charge in [0, 0.05) is 35.1 Å². The lowest BCUT2D eigenvalue weighted by atomic mass is 9.68. The van der Waals surface area contributed by atoms with Gasteiger partial charge in [0.2, 0.25) is 5.95 Å². The fourth-order valence-electron chi connectivity index (χ4n) is 3.55. The molecule has 0 bridgehead atoms. The Morgan fingerprint density at radius 1 is 0.893 bits per heavy atom. The van der Waals surface area contributed by atoms with E-state index in [2.05, 4.69) is 55.0 Å². The number of hydrogen-bond donors (Lipinski definition) is 2. The van der Waals surface area contributed by atoms with E-state index in [9.17, 15) is 5.11 Å². The van der Waals surface area contributed by atoms with Crippen molar-refractivity contribution < 1.29 is 5.11 Å². The third-order valence-electron chi connectivity index (χ3n) is 5.60. The van der Waals surface area contributed by atoms with Crippen molar-refractivity contribution in [2.24, 2.45) is 5.92 Å². The number of hydrogen-bond acceptors (Lipinski definition) is 5. The van der Waals surface area contributed by atoms with Gasteiger partial charge in [0.15, 0.2) is 0 Å². The van der Waals surface area contributed by atoms with Gasteiger partial charge in [-0.25, -0.2) is 9.97 Å². The van der Waals surface area contributed by atoms with Gasteiger partial charge in [-0.3, -0.25) is 4.98 Å². The van der Waals surface area contributed by atoms with Crippen molar-refractivity contribution in [3.8, 4) is 11.1 Å². The number of nitrogen functional groups attached to an aromatic ring is 1. The van der Waals surface area contributed by atoms with Gasteiger partial charge in [-0.15, -0.1) is 0 Å². The smallest absolute Gasteiger partial charge is 0.219 e. The molecule has 5 heteroatoms. The lowest BCUT2D eigenvalue weighted by Crippen LogP contribution is -2.35. The first-order valence-corrected chi connectivity index (χ1v) is 9.51. The maximum Gasteiger partial charge on any atom is 0.219 e. The van der Waals surface area contributed by atoms with Crippen molar-refractivity contribution in [2.45, 2.75) is 45.6 Å². The summed E-state index contributed by atoms with van der Waals surface area (Å²) in [5.41, 5.74) is 9.10. The van der Waals surface area contributed by atoms with E-state index in [4.69, 9.17) is 10.7 Å². The van der Waals surface area contributed by atoms with Crippen molar-refractivity contribution in [3.63, 3.8) is 0 Å². The molecule has 2 heterocycles. The summed E-state index contributed by atoms with van der Waals surface area (Å²) in [6.07, 6.45) is 5.25. The molecule has 2 aromatic heterocycles. The molecule has 1 aromatic carbocycles. The Labute approximate surface area is 166 Å². The summed E-state index contributed by atoms with van der Waals surface area (Å²) in [6, 6.07) is 12.2. The molecule has 0 aliphatic heterocycles. The van der Waals surface area contributed by atoms with E-state index in [0.29, 0.717) is 0 Å². The van der Waals surface area contributed by atoms with E-state index in [-0.39, 0.29) is 17.3 Å². The minimum absolute atomic E-state index is 0.266. The highest BCUT2D eigenvalue weighted by molar-refractivity contribution is 5.63. The monoisotopic (exact) mass is 376 g/mol. The maximum atomic E-state index is 10.7. The van der Waals surface area contributed by atoms with Crippen LogP contribution in [0.25, 0.3) is 11.1 Å². The molecule has 0 radical (unpaired) electrons. The summed E-state index contributed by atoms with van der Waals surface area (Å²) in [4.78, 5) is 12.9. The summed E-state index contributed by atoms with van der Waals surface area (Å²) >= 11 is 0. The zero-order chi connectivity index (χ0) is 20.5. The van der Waals surface area contributed by atoms with Gasteiger partial charge in [0.05, 0.1) is 11.3 Å². The molecule has 1 atom stereocenters. The molecule has 3 rings (SSSR count). The van der Waals surface area contributed by atoms with Crippen LogP contribution in [-0.4, -0.2) is 20.1 Å². The van der Waals surface area contributed by atoms with Crippen molar-refractivity contribution in [1.82, 2.24) is 15.0 Å². The predicted molar refractivity (Wildman–Crippen MR) is 113 cm³/mol. The van der Waals surface area contributed by atoms with Crippen LogP contribution < -0.4 is 5.73 Å². The largest absolute Gasteiger partial charge is 0.386 e. The first-order chi connectivity index (χ1) is 13.1. The van der Waals surface area contributed by atoms with Gasteiger partial charge in [-0.05, 0) is 43.9 Å². The summed E-state index contributed by atoms with van der Waals surface area (Å²) in [7, 11) is 0. The molecule has 3 N–H and O–H groups in total. The topological polar surface area (TPSA) is 84.9 Å². The van der Waals surface area contributed by atoms with Crippen LogP contribution >= 0.6 is 0 Å². The molecule has 0 saturated heterocycles. The fraction of sp³-hybridized carbons (Fsp3) is 0.348. The number of benzene rings is 1. The third kappa shape index (κ3) is 3.62. The quantitative estimate of drug-likeness (QED) is 0.693. The maximum absolute atomic E-state index is 10.7.